The second-order valence-electron chi connectivity index (χ2n) is 3.46. The molecule has 7 nitrogen and oxygen atoms in total. The average molecular weight is 287 g/mol. The summed E-state index contributed by atoms with van der Waals surface area (Å²) in [6, 6.07) is 3.83. The third-order valence-electron chi connectivity index (χ3n) is 2.34. The van der Waals surface area contributed by atoms with E-state index in [-0.39, 0.29) is 6.54 Å². The summed E-state index contributed by atoms with van der Waals surface area (Å²) in [5.41, 5.74) is -0.851. The summed E-state index contributed by atoms with van der Waals surface area (Å²) in [4.78, 5) is 9.18. The van der Waals surface area contributed by atoms with Gasteiger partial charge in [-0.1, -0.05) is 6.92 Å². The third kappa shape index (κ3) is 3.04. The highest BCUT2D eigenvalue weighted by molar-refractivity contribution is 7.89. The molecule has 0 aliphatic rings. The van der Waals surface area contributed by atoms with Gasteiger partial charge >= 0.3 is 0 Å². The summed E-state index contributed by atoms with van der Waals surface area (Å²) in [6.45, 7) is 1.03. The van der Waals surface area contributed by atoms with Crippen LogP contribution in [-0.4, -0.2) is 30.7 Å². The smallest absolute Gasteiger partial charge is 0.258 e. The van der Waals surface area contributed by atoms with Crippen LogP contribution in [0.2, 0.25) is 0 Å². The Kier molecular flexibility index (Phi) is 4.52. The molecule has 19 heavy (non-hydrogen) atoms. The Labute approximate surface area is 109 Å². The number of nitro groups is 1. The normalized spacial score (nSPS) is 11.3. The first-order valence-electron chi connectivity index (χ1n) is 5.15. The van der Waals surface area contributed by atoms with E-state index in [2.05, 4.69) is 0 Å². The second kappa shape index (κ2) is 5.73. The van der Waals surface area contributed by atoms with E-state index in [1.807, 2.05) is 0 Å². The Bertz CT molecular complexity index is 639. The SMILES string of the molecule is CCN(CC#N)S(=O)(=O)c1ccc(F)cc1[N+](=O)[O-]. The van der Waals surface area contributed by atoms with Gasteiger partial charge < -0.3 is 0 Å². The van der Waals surface area contributed by atoms with Crippen LogP contribution >= 0.6 is 0 Å². The lowest BCUT2D eigenvalue weighted by Crippen LogP contribution is -2.31. The Hall–Kier alpha value is -2.05. The molecular weight excluding hydrogens is 277 g/mol. The maximum Gasteiger partial charge on any atom is 0.292 e. The van der Waals surface area contributed by atoms with Crippen LogP contribution < -0.4 is 0 Å². The lowest BCUT2D eigenvalue weighted by atomic mass is 10.3. The van der Waals surface area contributed by atoms with Gasteiger partial charge in [0.25, 0.3) is 15.7 Å². The Morgan fingerprint density at radius 2 is 2.16 bits per heavy atom. The standard InChI is InChI=1S/C10H10FN3O4S/c1-2-13(6-5-12)19(17,18)10-4-3-8(11)7-9(10)14(15)16/h3-4,7H,2,6H2,1H3. The van der Waals surface area contributed by atoms with Gasteiger partial charge in [0.2, 0.25) is 0 Å². The number of benzene rings is 1. The molecule has 0 saturated carbocycles. The summed E-state index contributed by atoms with van der Waals surface area (Å²) in [5, 5.41) is 19.3. The Balaban J connectivity index is 3.45. The third-order valence-corrected chi connectivity index (χ3v) is 4.30. The molecule has 0 fully saturated rings. The van der Waals surface area contributed by atoms with Crippen LogP contribution in [0.4, 0.5) is 10.1 Å². The molecule has 0 bridgehead atoms. The lowest BCUT2D eigenvalue weighted by molar-refractivity contribution is -0.388. The highest BCUT2D eigenvalue weighted by Gasteiger charge is 2.31. The zero-order chi connectivity index (χ0) is 14.6. The monoisotopic (exact) mass is 287 g/mol. The quantitative estimate of drug-likeness (QED) is 0.460. The molecule has 102 valence electrons. The summed E-state index contributed by atoms with van der Waals surface area (Å²) >= 11 is 0. The molecule has 0 unspecified atom stereocenters. The van der Waals surface area contributed by atoms with Gasteiger partial charge in [-0.05, 0) is 12.1 Å². The molecule has 0 radical (unpaired) electrons. The maximum atomic E-state index is 13.0. The molecule has 0 amide bonds. The molecule has 0 saturated heterocycles. The predicted octanol–water partition coefficient (Wildman–Crippen LogP) is 1.27. The fourth-order valence-corrected chi connectivity index (χ4v) is 2.92. The van der Waals surface area contributed by atoms with E-state index in [4.69, 9.17) is 5.26 Å². The maximum absolute atomic E-state index is 13.0. The summed E-state index contributed by atoms with van der Waals surface area (Å²) < 4.78 is 38.0. The first-order chi connectivity index (χ1) is 8.84. The van der Waals surface area contributed by atoms with Crippen molar-refractivity contribution in [3.63, 3.8) is 0 Å². The van der Waals surface area contributed by atoms with Gasteiger partial charge in [-0.25, -0.2) is 12.8 Å². The summed E-state index contributed by atoms with van der Waals surface area (Å²) in [6.07, 6.45) is 0. The molecule has 1 rings (SSSR count). The number of halogens is 1. The van der Waals surface area contributed by atoms with E-state index in [9.17, 15) is 22.9 Å². The number of nitrogens with zero attached hydrogens (tertiary/aromatic N) is 3. The van der Waals surface area contributed by atoms with Crippen LogP contribution in [0.25, 0.3) is 0 Å². The van der Waals surface area contributed by atoms with Crippen LogP contribution in [0.5, 0.6) is 0 Å². The molecule has 0 spiro atoms. The van der Waals surface area contributed by atoms with Gasteiger partial charge in [-0.15, -0.1) is 0 Å². The van der Waals surface area contributed by atoms with Gasteiger partial charge in [-0.2, -0.15) is 9.57 Å². The van der Waals surface area contributed by atoms with Crippen molar-refractivity contribution >= 4 is 15.7 Å². The molecule has 0 atom stereocenters. The molecule has 1 aromatic rings. The Morgan fingerprint density at radius 1 is 1.53 bits per heavy atom. The zero-order valence-corrected chi connectivity index (χ0v) is 10.7. The number of nitriles is 1. The first kappa shape index (κ1) is 15.0. The van der Waals surface area contributed by atoms with Crippen molar-refractivity contribution in [3.05, 3.63) is 34.1 Å². The molecule has 1 aromatic carbocycles. The minimum Gasteiger partial charge on any atom is -0.258 e. The van der Waals surface area contributed by atoms with Crippen molar-refractivity contribution in [2.45, 2.75) is 11.8 Å². The lowest BCUT2D eigenvalue weighted by Gasteiger charge is -2.16. The molecular formula is C10H10FN3O4S. The highest BCUT2D eigenvalue weighted by Crippen LogP contribution is 2.27. The van der Waals surface area contributed by atoms with Crippen molar-refractivity contribution in [1.82, 2.24) is 4.31 Å². The average Bonchev–Trinajstić information content (AvgIpc) is 2.35. The Morgan fingerprint density at radius 3 is 2.63 bits per heavy atom. The zero-order valence-electron chi connectivity index (χ0n) is 9.91. The first-order valence-corrected chi connectivity index (χ1v) is 6.59. The van der Waals surface area contributed by atoms with Gasteiger partial charge in [0, 0.05) is 6.54 Å². The molecule has 9 heteroatoms. The van der Waals surface area contributed by atoms with Crippen molar-refractivity contribution in [2.24, 2.45) is 0 Å². The molecule has 0 heterocycles. The van der Waals surface area contributed by atoms with E-state index in [0.29, 0.717) is 6.07 Å². The molecule has 0 N–H and O–H groups in total. The minimum absolute atomic E-state index is 0.0234. The van der Waals surface area contributed by atoms with E-state index < -0.39 is 37.9 Å². The molecule has 0 aromatic heterocycles. The van der Waals surface area contributed by atoms with E-state index >= 15 is 0 Å². The van der Waals surface area contributed by atoms with Crippen LogP contribution in [0, 0.1) is 27.3 Å². The number of hydrogen-bond acceptors (Lipinski definition) is 5. The highest BCUT2D eigenvalue weighted by atomic mass is 32.2. The number of hydrogen-bond donors (Lipinski definition) is 0. The summed E-state index contributed by atoms with van der Waals surface area (Å²) in [7, 11) is -4.20. The van der Waals surface area contributed by atoms with E-state index in [0.717, 1.165) is 16.4 Å². The summed E-state index contributed by atoms with van der Waals surface area (Å²) in [5.74, 6) is -0.908. The van der Waals surface area contributed by atoms with Gasteiger partial charge in [0.1, 0.15) is 12.4 Å². The van der Waals surface area contributed by atoms with Crippen LogP contribution in [0.1, 0.15) is 6.92 Å². The van der Waals surface area contributed by atoms with Gasteiger partial charge in [-0.3, -0.25) is 10.1 Å². The number of rotatable bonds is 5. The van der Waals surface area contributed by atoms with Gasteiger partial charge in [0.05, 0.1) is 17.1 Å². The number of sulfonamides is 1. The van der Waals surface area contributed by atoms with Crippen molar-refractivity contribution < 1.29 is 17.7 Å². The molecule has 0 aliphatic heterocycles. The van der Waals surface area contributed by atoms with Crippen molar-refractivity contribution in [1.29, 1.82) is 5.26 Å². The van der Waals surface area contributed by atoms with Crippen LogP contribution in [-0.2, 0) is 10.0 Å². The fourth-order valence-electron chi connectivity index (χ4n) is 1.44. The van der Waals surface area contributed by atoms with E-state index in [1.165, 1.54) is 6.92 Å². The van der Waals surface area contributed by atoms with Crippen LogP contribution in [0.3, 0.4) is 0 Å². The second-order valence-corrected chi connectivity index (χ2v) is 5.36. The molecule has 0 aliphatic carbocycles. The topological polar surface area (TPSA) is 104 Å². The van der Waals surface area contributed by atoms with Crippen molar-refractivity contribution in [2.75, 3.05) is 13.1 Å². The minimum atomic E-state index is -4.20. The predicted molar refractivity (Wildman–Crippen MR) is 63.1 cm³/mol. The van der Waals surface area contributed by atoms with E-state index in [1.54, 1.807) is 6.07 Å². The largest absolute Gasteiger partial charge is 0.292 e. The van der Waals surface area contributed by atoms with Crippen molar-refractivity contribution in [3.8, 4) is 6.07 Å². The number of nitro benzene ring substituents is 1. The van der Waals surface area contributed by atoms with Crippen LogP contribution in [0.15, 0.2) is 23.1 Å². The fraction of sp³-hybridized carbons (Fsp3) is 0.300. The van der Waals surface area contributed by atoms with Gasteiger partial charge in [0.15, 0.2) is 4.90 Å².